The van der Waals surface area contributed by atoms with Crippen LogP contribution in [0, 0.1) is 10.1 Å². The van der Waals surface area contributed by atoms with E-state index in [2.05, 4.69) is 15.1 Å². The molecule has 9 heteroatoms. The lowest BCUT2D eigenvalue weighted by atomic mass is 10.3. The highest BCUT2D eigenvalue weighted by Gasteiger charge is 2.19. The van der Waals surface area contributed by atoms with Crippen molar-refractivity contribution in [1.29, 1.82) is 0 Å². The second-order valence-electron chi connectivity index (χ2n) is 6.37. The van der Waals surface area contributed by atoms with E-state index in [1.54, 1.807) is 12.1 Å². The Morgan fingerprint density at radius 3 is 2.36 bits per heavy atom. The maximum atomic E-state index is 10.7. The van der Waals surface area contributed by atoms with Crippen LogP contribution in [0.4, 0.5) is 11.4 Å². The molecule has 1 aliphatic heterocycles. The van der Waals surface area contributed by atoms with Crippen LogP contribution in [0.3, 0.4) is 0 Å². The molecule has 7 nitrogen and oxygen atoms in total. The van der Waals surface area contributed by atoms with Crippen LogP contribution in [0.2, 0.25) is 5.02 Å². The van der Waals surface area contributed by atoms with Gasteiger partial charge in [0, 0.05) is 55.6 Å². The Kier molecular flexibility index (Phi) is 7.02. The molecule has 3 rings (SSSR count). The van der Waals surface area contributed by atoms with Crippen molar-refractivity contribution in [3.8, 4) is 5.75 Å². The molecule has 2 aromatic rings. The van der Waals surface area contributed by atoms with E-state index < -0.39 is 4.92 Å². The summed E-state index contributed by atoms with van der Waals surface area (Å²) in [5.41, 5.74) is 0.806. The maximum Gasteiger partial charge on any atom is 0.269 e. The molecule has 0 aromatic heterocycles. The van der Waals surface area contributed by atoms with E-state index in [0.29, 0.717) is 16.7 Å². The lowest BCUT2D eigenvalue weighted by molar-refractivity contribution is -0.384. The Morgan fingerprint density at radius 2 is 1.75 bits per heavy atom. The standard InChI is InChI=1S/C19H21ClN4O3S/c20-15-1-7-18(8-2-15)27-14-13-22-9-11-23(12-10-22)19(28)21-16-3-5-17(6-4-16)24(25)26/h1-8H,9-14H2,(H,21,28). The fraction of sp³-hybridized carbons (Fsp3) is 0.316. The molecule has 1 fully saturated rings. The molecular formula is C19H21ClN4O3S. The molecule has 148 valence electrons. The molecular weight excluding hydrogens is 400 g/mol. The van der Waals surface area contributed by atoms with Crippen LogP contribution in [-0.4, -0.2) is 59.2 Å². The van der Waals surface area contributed by atoms with Gasteiger partial charge in [0.1, 0.15) is 12.4 Å². The third kappa shape index (κ3) is 5.79. The summed E-state index contributed by atoms with van der Waals surface area (Å²) in [6.45, 7) is 4.89. The highest BCUT2D eigenvalue weighted by atomic mass is 35.5. The van der Waals surface area contributed by atoms with Gasteiger partial charge in [-0.05, 0) is 48.6 Å². The van der Waals surface area contributed by atoms with E-state index in [1.807, 2.05) is 24.3 Å². The van der Waals surface area contributed by atoms with E-state index >= 15 is 0 Å². The molecule has 0 unspecified atom stereocenters. The predicted molar refractivity (Wildman–Crippen MR) is 114 cm³/mol. The number of nitrogens with zero attached hydrogens (tertiary/aromatic N) is 3. The Bertz CT molecular complexity index is 809. The first-order valence-electron chi connectivity index (χ1n) is 8.92. The molecule has 0 bridgehead atoms. The minimum atomic E-state index is -0.419. The van der Waals surface area contributed by atoms with E-state index in [-0.39, 0.29) is 5.69 Å². The fourth-order valence-electron chi connectivity index (χ4n) is 2.87. The third-order valence-electron chi connectivity index (χ3n) is 4.48. The third-order valence-corrected chi connectivity index (χ3v) is 5.09. The Morgan fingerprint density at radius 1 is 1.11 bits per heavy atom. The molecule has 0 spiro atoms. The molecule has 1 aliphatic rings. The molecule has 1 N–H and O–H groups in total. The summed E-state index contributed by atoms with van der Waals surface area (Å²) in [5, 5.41) is 15.2. The Hall–Kier alpha value is -2.42. The van der Waals surface area contributed by atoms with Crippen molar-refractivity contribution >= 4 is 40.3 Å². The Labute approximate surface area is 174 Å². The summed E-state index contributed by atoms with van der Waals surface area (Å²) in [6.07, 6.45) is 0. The van der Waals surface area contributed by atoms with Crippen LogP contribution in [0.15, 0.2) is 48.5 Å². The number of ether oxygens (including phenoxy) is 1. The number of piperazine rings is 1. The monoisotopic (exact) mass is 420 g/mol. The number of hydrogen-bond acceptors (Lipinski definition) is 5. The van der Waals surface area contributed by atoms with Gasteiger partial charge < -0.3 is 15.0 Å². The molecule has 1 heterocycles. The zero-order valence-corrected chi connectivity index (χ0v) is 16.8. The van der Waals surface area contributed by atoms with Gasteiger partial charge in [-0.1, -0.05) is 11.6 Å². The molecule has 1 saturated heterocycles. The number of rotatable bonds is 6. The minimum absolute atomic E-state index is 0.0610. The number of halogens is 1. The Balaban J connectivity index is 1.38. The molecule has 28 heavy (non-hydrogen) atoms. The summed E-state index contributed by atoms with van der Waals surface area (Å²) in [7, 11) is 0. The summed E-state index contributed by atoms with van der Waals surface area (Å²) < 4.78 is 5.74. The van der Waals surface area contributed by atoms with Gasteiger partial charge in [0.25, 0.3) is 5.69 Å². The van der Waals surface area contributed by atoms with Gasteiger partial charge in [0.15, 0.2) is 5.11 Å². The molecule has 0 atom stereocenters. The first-order valence-corrected chi connectivity index (χ1v) is 9.71. The number of nitro groups is 1. The van der Waals surface area contributed by atoms with Crippen LogP contribution >= 0.6 is 23.8 Å². The van der Waals surface area contributed by atoms with Crippen LogP contribution in [0.25, 0.3) is 0 Å². The van der Waals surface area contributed by atoms with Gasteiger partial charge in [0.2, 0.25) is 0 Å². The summed E-state index contributed by atoms with van der Waals surface area (Å²) >= 11 is 11.3. The second-order valence-corrected chi connectivity index (χ2v) is 7.19. The highest BCUT2D eigenvalue weighted by Crippen LogP contribution is 2.17. The van der Waals surface area contributed by atoms with Gasteiger partial charge in [-0.15, -0.1) is 0 Å². The van der Waals surface area contributed by atoms with Crippen molar-refractivity contribution in [2.24, 2.45) is 0 Å². The topological polar surface area (TPSA) is 70.9 Å². The van der Waals surface area contributed by atoms with Crippen molar-refractivity contribution in [3.63, 3.8) is 0 Å². The van der Waals surface area contributed by atoms with Gasteiger partial charge in [-0.2, -0.15) is 0 Å². The number of anilines is 1. The van der Waals surface area contributed by atoms with Crippen LogP contribution in [0.5, 0.6) is 5.75 Å². The van der Waals surface area contributed by atoms with E-state index in [0.717, 1.165) is 44.2 Å². The summed E-state index contributed by atoms with van der Waals surface area (Å²) in [4.78, 5) is 14.7. The van der Waals surface area contributed by atoms with Crippen molar-refractivity contribution in [2.75, 3.05) is 44.6 Å². The normalized spacial score (nSPS) is 14.5. The average Bonchev–Trinajstić information content (AvgIpc) is 2.70. The SMILES string of the molecule is O=[N+]([O-])c1ccc(NC(=S)N2CCN(CCOc3ccc(Cl)cc3)CC2)cc1. The lowest BCUT2D eigenvalue weighted by Crippen LogP contribution is -2.50. The van der Waals surface area contributed by atoms with E-state index in [4.69, 9.17) is 28.6 Å². The number of benzene rings is 2. The number of hydrogen-bond donors (Lipinski definition) is 1. The van der Waals surface area contributed by atoms with Crippen molar-refractivity contribution in [2.45, 2.75) is 0 Å². The first-order chi connectivity index (χ1) is 13.5. The van der Waals surface area contributed by atoms with E-state index in [1.165, 1.54) is 12.1 Å². The summed E-state index contributed by atoms with van der Waals surface area (Å²) in [6, 6.07) is 13.6. The van der Waals surface area contributed by atoms with Crippen molar-refractivity contribution in [3.05, 3.63) is 63.7 Å². The average molecular weight is 421 g/mol. The first kappa shape index (κ1) is 20.3. The zero-order chi connectivity index (χ0) is 19.9. The van der Waals surface area contributed by atoms with Gasteiger partial charge in [-0.3, -0.25) is 15.0 Å². The van der Waals surface area contributed by atoms with Crippen molar-refractivity contribution < 1.29 is 9.66 Å². The zero-order valence-electron chi connectivity index (χ0n) is 15.2. The van der Waals surface area contributed by atoms with Crippen LogP contribution in [-0.2, 0) is 0 Å². The number of thiocarbonyl (C=S) groups is 1. The molecule has 0 amide bonds. The predicted octanol–water partition coefficient (Wildman–Crippen LogP) is 3.64. The minimum Gasteiger partial charge on any atom is -0.492 e. The smallest absolute Gasteiger partial charge is 0.269 e. The van der Waals surface area contributed by atoms with E-state index in [9.17, 15) is 10.1 Å². The lowest BCUT2D eigenvalue weighted by Gasteiger charge is -2.36. The second kappa shape index (κ2) is 9.68. The largest absolute Gasteiger partial charge is 0.492 e. The van der Waals surface area contributed by atoms with Crippen LogP contribution < -0.4 is 10.1 Å². The molecule has 2 aromatic carbocycles. The van der Waals surface area contributed by atoms with Crippen LogP contribution in [0.1, 0.15) is 0 Å². The van der Waals surface area contributed by atoms with Gasteiger partial charge in [0.05, 0.1) is 4.92 Å². The number of non-ortho nitro benzene ring substituents is 1. The molecule has 0 saturated carbocycles. The molecule has 0 aliphatic carbocycles. The highest BCUT2D eigenvalue weighted by molar-refractivity contribution is 7.80. The van der Waals surface area contributed by atoms with Gasteiger partial charge in [-0.25, -0.2) is 0 Å². The number of nitrogens with one attached hydrogen (secondary N) is 1. The molecule has 0 radical (unpaired) electrons. The summed E-state index contributed by atoms with van der Waals surface area (Å²) in [5.74, 6) is 0.816. The van der Waals surface area contributed by atoms with Crippen molar-refractivity contribution in [1.82, 2.24) is 9.80 Å². The quantitative estimate of drug-likeness (QED) is 0.434. The van der Waals surface area contributed by atoms with Gasteiger partial charge >= 0.3 is 0 Å². The number of nitro benzene ring substituents is 1. The fourth-order valence-corrected chi connectivity index (χ4v) is 3.29. The maximum absolute atomic E-state index is 10.7.